The van der Waals surface area contributed by atoms with Crippen molar-refractivity contribution >= 4 is 16.9 Å². The first-order valence-corrected chi connectivity index (χ1v) is 2.69. The average molecular weight is 136 g/mol. The van der Waals surface area contributed by atoms with E-state index in [0.717, 1.165) is 0 Å². The summed E-state index contributed by atoms with van der Waals surface area (Å²) in [6.07, 6.45) is 2.83. The molecule has 0 aliphatic rings. The van der Waals surface area contributed by atoms with Crippen molar-refractivity contribution in [2.45, 2.75) is 0 Å². The van der Waals surface area contributed by atoms with Crippen molar-refractivity contribution in [1.29, 1.82) is 0 Å². The summed E-state index contributed by atoms with van der Waals surface area (Å²) in [5.74, 6) is 0.395. The number of hydrogen-bond acceptors (Lipinski definition) is 5. The molecular formula is C5H4N4O. The molecule has 0 bridgehead atoms. The van der Waals surface area contributed by atoms with Crippen molar-refractivity contribution in [1.82, 2.24) is 15.1 Å². The minimum Gasteiger partial charge on any atom is -0.383 e. The van der Waals surface area contributed by atoms with Crippen LogP contribution in [0.15, 0.2) is 17.0 Å². The van der Waals surface area contributed by atoms with Gasteiger partial charge < -0.3 is 10.3 Å². The Morgan fingerprint density at radius 1 is 1.40 bits per heavy atom. The van der Waals surface area contributed by atoms with Crippen LogP contribution >= 0.6 is 0 Å². The largest absolute Gasteiger partial charge is 0.383 e. The van der Waals surface area contributed by atoms with Crippen molar-refractivity contribution < 1.29 is 4.52 Å². The lowest BCUT2D eigenvalue weighted by Crippen LogP contribution is -1.89. The lowest BCUT2D eigenvalue weighted by atomic mass is 10.4. The lowest BCUT2D eigenvalue weighted by molar-refractivity contribution is 0.448. The Morgan fingerprint density at radius 2 is 2.30 bits per heavy atom. The molecule has 2 heterocycles. The highest BCUT2D eigenvalue weighted by molar-refractivity contribution is 5.82. The molecular weight excluding hydrogens is 132 g/mol. The van der Waals surface area contributed by atoms with Crippen LogP contribution in [0.4, 0.5) is 5.82 Å². The summed E-state index contributed by atoms with van der Waals surface area (Å²) in [5, 5.41) is 4.16. The van der Waals surface area contributed by atoms with Gasteiger partial charge in [0.05, 0.1) is 6.20 Å². The van der Waals surface area contributed by atoms with Gasteiger partial charge in [0.1, 0.15) is 17.5 Å². The van der Waals surface area contributed by atoms with Crippen LogP contribution in [0.3, 0.4) is 0 Å². The van der Waals surface area contributed by atoms with Crippen LogP contribution in [0, 0.1) is 0 Å². The van der Waals surface area contributed by atoms with Crippen LogP contribution in [0.1, 0.15) is 0 Å². The summed E-state index contributed by atoms with van der Waals surface area (Å²) in [6.45, 7) is 0. The summed E-state index contributed by atoms with van der Waals surface area (Å²) >= 11 is 0. The van der Waals surface area contributed by atoms with Gasteiger partial charge >= 0.3 is 0 Å². The molecule has 0 amide bonds. The summed E-state index contributed by atoms with van der Waals surface area (Å²) in [7, 11) is 0. The van der Waals surface area contributed by atoms with Crippen LogP contribution < -0.4 is 5.73 Å². The van der Waals surface area contributed by atoms with Crippen molar-refractivity contribution in [3.63, 3.8) is 0 Å². The van der Waals surface area contributed by atoms with E-state index in [2.05, 4.69) is 15.1 Å². The zero-order valence-corrected chi connectivity index (χ0v) is 4.98. The third kappa shape index (κ3) is 0.540. The fourth-order valence-corrected chi connectivity index (χ4v) is 0.715. The zero-order chi connectivity index (χ0) is 6.97. The van der Waals surface area contributed by atoms with Gasteiger partial charge in [-0.1, -0.05) is 5.16 Å². The molecule has 10 heavy (non-hydrogen) atoms. The van der Waals surface area contributed by atoms with Gasteiger partial charge in [0.25, 0.3) is 5.71 Å². The van der Waals surface area contributed by atoms with Crippen LogP contribution in [0.5, 0.6) is 0 Å². The average Bonchev–Trinajstić information content (AvgIpc) is 2.36. The molecule has 2 aromatic heterocycles. The highest BCUT2D eigenvalue weighted by atomic mass is 16.5. The summed E-state index contributed by atoms with van der Waals surface area (Å²) < 4.78 is 4.72. The molecule has 50 valence electrons. The number of anilines is 1. The molecule has 2 rings (SSSR count). The standard InChI is InChI=1S/C5H4N4O/c6-4-3-1-9-10-5(3)8-2-7-4/h1-2H,(H2,6,7,8). The minimum absolute atomic E-state index is 0.395. The van der Waals surface area contributed by atoms with Gasteiger partial charge in [-0.05, 0) is 0 Å². The Balaban J connectivity index is 2.95. The molecule has 0 spiro atoms. The molecule has 5 nitrogen and oxygen atoms in total. The van der Waals surface area contributed by atoms with E-state index in [1.165, 1.54) is 12.5 Å². The second-order valence-electron chi connectivity index (χ2n) is 1.80. The van der Waals surface area contributed by atoms with Crippen LogP contribution in [-0.2, 0) is 0 Å². The predicted octanol–water partition coefficient (Wildman–Crippen LogP) is 0.200. The van der Waals surface area contributed by atoms with Crippen molar-refractivity contribution in [3.05, 3.63) is 12.5 Å². The lowest BCUT2D eigenvalue weighted by Gasteiger charge is -1.87. The van der Waals surface area contributed by atoms with Gasteiger partial charge in [-0.15, -0.1) is 0 Å². The van der Waals surface area contributed by atoms with Crippen molar-refractivity contribution in [2.75, 3.05) is 5.73 Å². The third-order valence-corrected chi connectivity index (χ3v) is 1.20. The van der Waals surface area contributed by atoms with Gasteiger partial charge in [-0.2, -0.15) is 4.98 Å². The van der Waals surface area contributed by atoms with Crippen molar-refractivity contribution in [2.24, 2.45) is 0 Å². The molecule has 0 unspecified atom stereocenters. The van der Waals surface area contributed by atoms with E-state index < -0.39 is 0 Å². The third-order valence-electron chi connectivity index (χ3n) is 1.20. The highest BCUT2D eigenvalue weighted by Gasteiger charge is 2.01. The summed E-state index contributed by atoms with van der Waals surface area (Å²) in [6, 6.07) is 0. The summed E-state index contributed by atoms with van der Waals surface area (Å²) in [4.78, 5) is 7.53. The van der Waals surface area contributed by atoms with E-state index >= 15 is 0 Å². The van der Waals surface area contributed by atoms with Crippen molar-refractivity contribution in [3.8, 4) is 0 Å². The molecule has 0 fully saturated rings. The molecule has 0 aliphatic carbocycles. The monoisotopic (exact) mass is 136 g/mol. The first-order chi connectivity index (χ1) is 4.88. The van der Waals surface area contributed by atoms with Crippen LogP contribution in [0.25, 0.3) is 11.1 Å². The molecule has 2 N–H and O–H groups in total. The Labute approximate surface area is 55.9 Å². The SMILES string of the molecule is Nc1ncnc2oncc12. The Kier molecular flexibility index (Phi) is 0.858. The number of rotatable bonds is 0. The number of fused-ring (bicyclic) bond motifs is 1. The molecule has 2 aromatic rings. The second-order valence-corrected chi connectivity index (χ2v) is 1.80. The van der Waals surface area contributed by atoms with E-state index in [1.807, 2.05) is 0 Å². The zero-order valence-electron chi connectivity index (χ0n) is 4.98. The quantitative estimate of drug-likeness (QED) is 0.559. The van der Waals surface area contributed by atoms with Gasteiger partial charge in [0, 0.05) is 0 Å². The normalized spacial score (nSPS) is 10.4. The first kappa shape index (κ1) is 5.16. The molecule has 0 aliphatic heterocycles. The van der Waals surface area contributed by atoms with E-state index in [1.54, 1.807) is 0 Å². The molecule has 0 aromatic carbocycles. The van der Waals surface area contributed by atoms with E-state index in [9.17, 15) is 0 Å². The second kappa shape index (κ2) is 1.66. The molecule has 0 atom stereocenters. The predicted molar refractivity (Wildman–Crippen MR) is 34.0 cm³/mol. The van der Waals surface area contributed by atoms with Crippen LogP contribution in [0.2, 0.25) is 0 Å². The number of hydrogen-bond donors (Lipinski definition) is 1. The Morgan fingerprint density at radius 3 is 3.10 bits per heavy atom. The molecule has 0 saturated carbocycles. The van der Waals surface area contributed by atoms with Gasteiger partial charge in [-0.3, -0.25) is 0 Å². The maximum atomic E-state index is 5.45. The molecule has 5 heteroatoms. The summed E-state index contributed by atoms with van der Waals surface area (Å²) in [5.41, 5.74) is 5.87. The highest BCUT2D eigenvalue weighted by Crippen LogP contribution is 2.13. The molecule has 0 radical (unpaired) electrons. The van der Waals surface area contributed by atoms with E-state index in [4.69, 9.17) is 10.3 Å². The van der Waals surface area contributed by atoms with Crippen LogP contribution in [-0.4, -0.2) is 15.1 Å². The smallest absolute Gasteiger partial charge is 0.262 e. The van der Waals surface area contributed by atoms with E-state index in [-0.39, 0.29) is 0 Å². The fourth-order valence-electron chi connectivity index (χ4n) is 0.715. The first-order valence-electron chi connectivity index (χ1n) is 2.69. The maximum absolute atomic E-state index is 5.45. The topological polar surface area (TPSA) is 77.8 Å². The van der Waals surface area contributed by atoms with E-state index in [0.29, 0.717) is 16.9 Å². The van der Waals surface area contributed by atoms with Gasteiger partial charge in [0.2, 0.25) is 0 Å². The number of nitrogens with zero attached hydrogens (tertiary/aromatic N) is 3. The number of aromatic nitrogens is 3. The Bertz CT molecular complexity index is 355. The fraction of sp³-hybridized carbons (Fsp3) is 0. The Hall–Kier alpha value is -1.65. The number of nitrogens with two attached hydrogens (primary N) is 1. The molecule has 0 saturated heterocycles. The van der Waals surface area contributed by atoms with Gasteiger partial charge in [-0.25, -0.2) is 4.98 Å². The number of nitrogen functional groups attached to an aromatic ring is 1. The minimum atomic E-state index is 0.395. The van der Waals surface area contributed by atoms with Gasteiger partial charge in [0.15, 0.2) is 0 Å². The maximum Gasteiger partial charge on any atom is 0.262 e.